The number of aromatic nitrogens is 1. The number of carbonyl (C=O) groups is 2. The minimum Gasteiger partial charge on any atom is -0.447 e. The van der Waals surface area contributed by atoms with Crippen molar-refractivity contribution in [1.82, 2.24) is 14.8 Å². The van der Waals surface area contributed by atoms with Gasteiger partial charge in [0.05, 0.1) is 10.5 Å². The Morgan fingerprint density at radius 2 is 1.81 bits per heavy atom. The maximum Gasteiger partial charge on any atom is 0.409 e. The molecule has 1 aromatic heterocycles. The van der Waals surface area contributed by atoms with E-state index < -0.39 is 12.8 Å². The van der Waals surface area contributed by atoms with Gasteiger partial charge in [-0.3, -0.25) is 4.79 Å². The zero-order chi connectivity index (χ0) is 18.7. The molecule has 0 saturated carbocycles. The largest absolute Gasteiger partial charge is 0.447 e. The maximum absolute atomic E-state index is 12.7. The second-order valence-corrected chi connectivity index (χ2v) is 6.54. The highest BCUT2D eigenvalue weighted by Gasteiger charge is 2.25. The fraction of sp³-hybridized carbons (Fsp3) is 0.353. The van der Waals surface area contributed by atoms with Gasteiger partial charge in [0.25, 0.3) is 5.91 Å². The Bertz CT molecular complexity index is 841. The first-order valence-corrected chi connectivity index (χ1v) is 8.78. The van der Waals surface area contributed by atoms with Gasteiger partial charge in [0.15, 0.2) is 0 Å². The van der Waals surface area contributed by atoms with Crippen molar-refractivity contribution in [3.8, 4) is 0 Å². The van der Waals surface area contributed by atoms with Gasteiger partial charge >= 0.3 is 6.09 Å². The van der Waals surface area contributed by atoms with Crippen molar-refractivity contribution in [2.45, 2.75) is 0 Å². The third-order valence-electron chi connectivity index (χ3n) is 4.10. The van der Waals surface area contributed by atoms with E-state index in [-0.39, 0.29) is 17.7 Å². The van der Waals surface area contributed by atoms with Gasteiger partial charge in [-0.25, -0.2) is 14.2 Å². The zero-order valence-electron chi connectivity index (χ0n) is 13.8. The molecule has 0 spiro atoms. The highest BCUT2D eigenvalue weighted by Crippen LogP contribution is 2.26. The minimum absolute atomic E-state index is 0.165. The number of hydrogen-bond donors (Lipinski definition) is 0. The van der Waals surface area contributed by atoms with E-state index in [2.05, 4.69) is 4.98 Å². The molecule has 0 bridgehead atoms. The topological polar surface area (TPSA) is 62.7 Å². The van der Waals surface area contributed by atoms with Gasteiger partial charge in [-0.1, -0.05) is 29.3 Å². The molecule has 1 aliphatic rings. The van der Waals surface area contributed by atoms with E-state index in [4.69, 9.17) is 27.9 Å². The molecule has 1 fully saturated rings. The Labute approximate surface area is 159 Å². The summed E-state index contributed by atoms with van der Waals surface area (Å²) in [6, 6.07) is 6.62. The average molecular weight is 400 g/mol. The van der Waals surface area contributed by atoms with Crippen LogP contribution in [0, 0.1) is 0 Å². The lowest BCUT2D eigenvalue weighted by Gasteiger charge is -2.34. The van der Waals surface area contributed by atoms with Crippen LogP contribution >= 0.6 is 23.2 Å². The van der Waals surface area contributed by atoms with Crippen molar-refractivity contribution >= 4 is 46.1 Å². The SMILES string of the molecule is O=C(OCCF)N1CCN(C(=O)c2ccc3c(Cl)cc(Cl)nc3c2)CC1. The summed E-state index contributed by atoms with van der Waals surface area (Å²) in [5, 5.41) is 1.44. The number of fused-ring (bicyclic) bond motifs is 1. The number of amides is 2. The Morgan fingerprint density at radius 3 is 2.50 bits per heavy atom. The minimum atomic E-state index is -0.714. The molecule has 9 heteroatoms. The van der Waals surface area contributed by atoms with E-state index in [9.17, 15) is 14.0 Å². The van der Waals surface area contributed by atoms with Crippen molar-refractivity contribution in [3.05, 3.63) is 40.0 Å². The third-order valence-corrected chi connectivity index (χ3v) is 4.61. The van der Waals surface area contributed by atoms with Crippen LogP contribution in [0.5, 0.6) is 0 Å². The zero-order valence-corrected chi connectivity index (χ0v) is 15.3. The summed E-state index contributed by atoms with van der Waals surface area (Å²) in [6.45, 7) is 0.429. The van der Waals surface area contributed by atoms with Crippen LogP contribution < -0.4 is 0 Å². The smallest absolute Gasteiger partial charge is 0.409 e. The molecule has 2 amide bonds. The maximum atomic E-state index is 12.7. The summed E-state index contributed by atoms with van der Waals surface area (Å²) >= 11 is 12.1. The van der Waals surface area contributed by atoms with Crippen LogP contribution in [-0.2, 0) is 4.74 Å². The quantitative estimate of drug-likeness (QED) is 0.741. The third kappa shape index (κ3) is 3.99. The fourth-order valence-electron chi connectivity index (χ4n) is 2.78. The predicted molar refractivity (Wildman–Crippen MR) is 96.6 cm³/mol. The predicted octanol–water partition coefficient (Wildman–Crippen LogP) is 3.41. The summed E-state index contributed by atoms with van der Waals surface area (Å²) < 4.78 is 16.8. The molecule has 26 heavy (non-hydrogen) atoms. The molecule has 2 aromatic rings. The highest BCUT2D eigenvalue weighted by molar-refractivity contribution is 6.37. The first-order valence-electron chi connectivity index (χ1n) is 8.02. The first kappa shape index (κ1) is 18.7. The monoisotopic (exact) mass is 399 g/mol. The number of nitrogens with zero attached hydrogens (tertiary/aromatic N) is 3. The fourth-order valence-corrected chi connectivity index (χ4v) is 3.30. The molecule has 138 valence electrons. The van der Waals surface area contributed by atoms with E-state index in [0.29, 0.717) is 47.7 Å². The van der Waals surface area contributed by atoms with Gasteiger partial charge in [-0.2, -0.15) is 0 Å². The number of alkyl halides is 1. The van der Waals surface area contributed by atoms with Gasteiger partial charge in [0, 0.05) is 37.1 Å². The Hall–Kier alpha value is -2.12. The second kappa shape index (κ2) is 8.05. The van der Waals surface area contributed by atoms with E-state index >= 15 is 0 Å². The number of hydrogen-bond acceptors (Lipinski definition) is 4. The standard InChI is InChI=1S/C17H16Cl2FN3O3/c18-13-10-15(19)21-14-9-11(1-2-12(13)14)16(24)22-4-6-23(7-5-22)17(25)26-8-3-20/h1-2,9-10H,3-8H2. The highest BCUT2D eigenvalue weighted by atomic mass is 35.5. The van der Waals surface area contributed by atoms with E-state index in [1.54, 1.807) is 29.2 Å². The number of pyridine rings is 1. The van der Waals surface area contributed by atoms with Crippen molar-refractivity contribution < 1.29 is 18.7 Å². The summed E-state index contributed by atoms with van der Waals surface area (Å²) in [4.78, 5) is 31.7. The lowest BCUT2D eigenvalue weighted by atomic mass is 10.1. The van der Waals surface area contributed by atoms with Crippen LogP contribution in [0.4, 0.5) is 9.18 Å². The summed E-state index contributed by atoms with van der Waals surface area (Å²) in [5.41, 5.74) is 1.01. The van der Waals surface area contributed by atoms with Crippen LogP contribution in [0.3, 0.4) is 0 Å². The second-order valence-electron chi connectivity index (χ2n) is 5.74. The Kier molecular flexibility index (Phi) is 5.78. The van der Waals surface area contributed by atoms with Crippen LogP contribution in [0.25, 0.3) is 10.9 Å². The van der Waals surface area contributed by atoms with E-state index in [1.165, 1.54) is 4.90 Å². The summed E-state index contributed by atoms with van der Waals surface area (Å²) in [7, 11) is 0. The number of rotatable bonds is 3. The summed E-state index contributed by atoms with van der Waals surface area (Å²) in [6.07, 6.45) is -0.561. The molecule has 0 radical (unpaired) electrons. The van der Waals surface area contributed by atoms with Gasteiger partial charge in [0.1, 0.15) is 18.4 Å². The van der Waals surface area contributed by atoms with Crippen molar-refractivity contribution in [2.24, 2.45) is 0 Å². The Morgan fingerprint density at radius 1 is 1.12 bits per heavy atom. The van der Waals surface area contributed by atoms with E-state index in [1.807, 2.05) is 0 Å². The lowest BCUT2D eigenvalue weighted by Crippen LogP contribution is -2.50. The normalized spacial score (nSPS) is 14.6. The van der Waals surface area contributed by atoms with Crippen LogP contribution in [0.1, 0.15) is 10.4 Å². The van der Waals surface area contributed by atoms with Crippen molar-refractivity contribution in [3.63, 3.8) is 0 Å². The molecule has 3 rings (SSSR count). The molecule has 0 unspecified atom stereocenters. The number of benzene rings is 1. The number of carbonyl (C=O) groups excluding carboxylic acids is 2. The molecule has 1 aliphatic heterocycles. The molecular formula is C17H16Cl2FN3O3. The Balaban J connectivity index is 1.69. The molecule has 0 aliphatic carbocycles. The lowest BCUT2D eigenvalue weighted by molar-refractivity contribution is 0.0548. The van der Waals surface area contributed by atoms with Crippen LogP contribution in [-0.4, -0.2) is 66.2 Å². The average Bonchev–Trinajstić information content (AvgIpc) is 2.65. The molecule has 0 N–H and O–H groups in total. The molecule has 1 saturated heterocycles. The van der Waals surface area contributed by atoms with Crippen molar-refractivity contribution in [1.29, 1.82) is 0 Å². The first-order chi connectivity index (χ1) is 12.5. The van der Waals surface area contributed by atoms with Crippen LogP contribution in [0.15, 0.2) is 24.3 Å². The number of ether oxygens (including phenoxy) is 1. The molecule has 6 nitrogen and oxygen atoms in total. The molecule has 0 atom stereocenters. The number of halogens is 3. The van der Waals surface area contributed by atoms with Gasteiger partial charge in [0.2, 0.25) is 0 Å². The summed E-state index contributed by atoms with van der Waals surface area (Å²) in [5.74, 6) is -0.165. The molecule has 1 aromatic carbocycles. The van der Waals surface area contributed by atoms with Gasteiger partial charge in [-0.05, 0) is 18.2 Å². The van der Waals surface area contributed by atoms with Crippen molar-refractivity contribution in [2.75, 3.05) is 39.5 Å². The molecular weight excluding hydrogens is 384 g/mol. The van der Waals surface area contributed by atoms with Gasteiger partial charge < -0.3 is 14.5 Å². The van der Waals surface area contributed by atoms with Gasteiger partial charge in [-0.15, -0.1) is 0 Å². The van der Waals surface area contributed by atoms with E-state index in [0.717, 1.165) is 0 Å². The van der Waals surface area contributed by atoms with Crippen LogP contribution in [0.2, 0.25) is 10.2 Å². The molecule has 2 heterocycles. The number of piperazine rings is 1.